The number of morpholine rings is 1. The molecule has 0 spiro atoms. The Labute approximate surface area is 145 Å². The monoisotopic (exact) mass is 340 g/mol. The summed E-state index contributed by atoms with van der Waals surface area (Å²) in [7, 11) is 0. The minimum atomic E-state index is -1.01. The van der Waals surface area contributed by atoms with Crippen molar-refractivity contribution in [1.29, 1.82) is 0 Å². The molecule has 0 bridgehead atoms. The molecular formula is C17H32N4O3. The van der Waals surface area contributed by atoms with Crippen LogP contribution in [0.25, 0.3) is 0 Å². The SMILES string of the molecule is CCN1CCN(C(=O)C(C)(C)C(=O)NCCN2CCOCC2)CC1. The summed E-state index contributed by atoms with van der Waals surface area (Å²) in [6.07, 6.45) is 0. The Morgan fingerprint density at radius 1 is 1.00 bits per heavy atom. The second-order valence-electron chi connectivity index (χ2n) is 7.06. The molecule has 2 saturated heterocycles. The van der Waals surface area contributed by atoms with Gasteiger partial charge in [0.1, 0.15) is 5.41 Å². The molecule has 2 rings (SSSR count). The molecule has 0 unspecified atom stereocenters. The van der Waals surface area contributed by atoms with E-state index in [2.05, 4.69) is 22.0 Å². The van der Waals surface area contributed by atoms with Crippen LogP contribution in [0.2, 0.25) is 0 Å². The number of carbonyl (C=O) groups is 2. The minimum Gasteiger partial charge on any atom is -0.379 e. The standard InChI is InChI=1S/C17H32N4O3/c1-4-19-7-9-21(10-8-19)16(23)17(2,3)15(22)18-5-6-20-11-13-24-14-12-20/h4-14H2,1-3H3,(H,18,22). The highest BCUT2D eigenvalue weighted by Gasteiger charge is 2.39. The van der Waals surface area contributed by atoms with Gasteiger partial charge in [-0.05, 0) is 20.4 Å². The third-order valence-corrected chi connectivity index (χ3v) is 5.03. The molecule has 138 valence electrons. The molecular weight excluding hydrogens is 308 g/mol. The molecule has 0 aliphatic carbocycles. The fourth-order valence-electron chi connectivity index (χ4n) is 3.13. The van der Waals surface area contributed by atoms with Crippen LogP contribution < -0.4 is 5.32 Å². The van der Waals surface area contributed by atoms with Crippen LogP contribution in [0.3, 0.4) is 0 Å². The van der Waals surface area contributed by atoms with Crippen molar-refractivity contribution < 1.29 is 14.3 Å². The lowest BCUT2D eigenvalue weighted by atomic mass is 9.90. The third kappa shape index (κ3) is 4.91. The quantitative estimate of drug-likeness (QED) is 0.668. The number of rotatable bonds is 6. The van der Waals surface area contributed by atoms with E-state index in [-0.39, 0.29) is 11.8 Å². The largest absolute Gasteiger partial charge is 0.379 e. The van der Waals surface area contributed by atoms with Crippen LogP contribution in [0, 0.1) is 5.41 Å². The summed E-state index contributed by atoms with van der Waals surface area (Å²) in [6, 6.07) is 0. The van der Waals surface area contributed by atoms with E-state index < -0.39 is 5.41 Å². The maximum atomic E-state index is 12.7. The number of carbonyl (C=O) groups excluding carboxylic acids is 2. The van der Waals surface area contributed by atoms with Crippen molar-refractivity contribution >= 4 is 11.8 Å². The van der Waals surface area contributed by atoms with Gasteiger partial charge in [-0.1, -0.05) is 6.92 Å². The Morgan fingerprint density at radius 2 is 1.62 bits per heavy atom. The number of likely N-dealkylation sites (N-methyl/N-ethyl adjacent to an activating group) is 1. The number of nitrogens with one attached hydrogen (secondary N) is 1. The van der Waals surface area contributed by atoms with E-state index in [9.17, 15) is 9.59 Å². The molecule has 0 aromatic carbocycles. The molecule has 0 aromatic heterocycles. The Kier molecular flexibility index (Phi) is 7.01. The zero-order valence-electron chi connectivity index (χ0n) is 15.3. The summed E-state index contributed by atoms with van der Waals surface area (Å²) >= 11 is 0. The van der Waals surface area contributed by atoms with E-state index in [4.69, 9.17) is 4.74 Å². The lowest BCUT2D eigenvalue weighted by Crippen LogP contribution is -2.55. The van der Waals surface area contributed by atoms with Gasteiger partial charge in [-0.2, -0.15) is 0 Å². The van der Waals surface area contributed by atoms with Gasteiger partial charge in [0.2, 0.25) is 11.8 Å². The summed E-state index contributed by atoms with van der Waals surface area (Å²) in [5, 5.41) is 2.93. The van der Waals surface area contributed by atoms with Crippen LogP contribution in [-0.4, -0.2) is 98.6 Å². The van der Waals surface area contributed by atoms with E-state index >= 15 is 0 Å². The number of ether oxygens (including phenoxy) is 1. The number of amides is 2. The van der Waals surface area contributed by atoms with Gasteiger partial charge in [-0.3, -0.25) is 14.5 Å². The fraction of sp³-hybridized carbons (Fsp3) is 0.882. The van der Waals surface area contributed by atoms with Crippen LogP contribution in [0.5, 0.6) is 0 Å². The van der Waals surface area contributed by atoms with Crippen LogP contribution >= 0.6 is 0 Å². The van der Waals surface area contributed by atoms with Gasteiger partial charge in [-0.15, -0.1) is 0 Å². The molecule has 0 saturated carbocycles. The van der Waals surface area contributed by atoms with E-state index in [1.54, 1.807) is 13.8 Å². The van der Waals surface area contributed by atoms with Crippen LogP contribution in [0.15, 0.2) is 0 Å². The Hall–Kier alpha value is -1.18. The molecule has 2 aliphatic heterocycles. The zero-order valence-corrected chi connectivity index (χ0v) is 15.3. The first-order valence-corrected chi connectivity index (χ1v) is 9.05. The van der Waals surface area contributed by atoms with Crippen molar-refractivity contribution in [2.24, 2.45) is 5.41 Å². The summed E-state index contributed by atoms with van der Waals surface area (Å²) in [4.78, 5) is 31.7. The fourth-order valence-corrected chi connectivity index (χ4v) is 3.13. The molecule has 0 atom stereocenters. The molecule has 0 radical (unpaired) electrons. The minimum absolute atomic E-state index is 0.0675. The van der Waals surface area contributed by atoms with E-state index in [0.717, 1.165) is 52.5 Å². The number of piperazine rings is 1. The first-order valence-electron chi connectivity index (χ1n) is 9.05. The third-order valence-electron chi connectivity index (χ3n) is 5.03. The molecule has 24 heavy (non-hydrogen) atoms. The molecule has 2 aliphatic rings. The van der Waals surface area contributed by atoms with Crippen molar-refractivity contribution in [2.75, 3.05) is 72.1 Å². The molecule has 2 fully saturated rings. The Balaban J connectivity index is 1.77. The second kappa shape index (κ2) is 8.78. The van der Waals surface area contributed by atoms with Gasteiger partial charge in [0.05, 0.1) is 13.2 Å². The first kappa shape index (κ1) is 19.1. The number of nitrogens with zero attached hydrogens (tertiary/aromatic N) is 3. The highest BCUT2D eigenvalue weighted by molar-refractivity contribution is 6.04. The first-order chi connectivity index (χ1) is 11.4. The predicted molar refractivity (Wildman–Crippen MR) is 92.7 cm³/mol. The van der Waals surface area contributed by atoms with Crippen molar-refractivity contribution in [1.82, 2.24) is 20.0 Å². The lowest BCUT2D eigenvalue weighted by molar-refractivity contribution is -0.149. The van der Waals surface area contributed by atoms with Crippen molar-refractivity contribution in [3.8, 4) is 0 Å². The molecule has 7 heteroatoms. The molecule has 7 nitrogen and oxygen atoms in total. The highest BCUT2D eigenvalue weighted by Crippen LogP contribution is 2.20. The van der Waals surface area contributed by atoms with Gasteiger partial charge in [0.25, 0.3) is 0 Å². The average Bonchev–Trinajstić information content (AvgIpc) is 2.62. The van der Waals surface area contributed by atoms with Crippen molar-refractivity contribution in [3.05, 3.63) is 0 Å². The molecule has 2 heterocycles. The molecule has 0 aromatic rings. The van der Waals surface area contributed by atoms with Crippen molar-refractivity contribution in [3.63, 3.8) is 0 Å². The number of hydrogen-bond donors (Lipinski definition) is 1. The van der Waals surface area contributed by atoms with E-state index in [1.165, 1.54) is 0 Å². The summed E-state index contributed by atoms with van der Waals surface area (Å²) < 4.78 is 5.31. The summed E-state index contributed by atoms with van der Waals surface area (Å²) in [6.45, 7) is 14.5. The van der Waals surface area contributed by atoms with Gasteiger partial charge in [0.15, 0.2) is 0 Å². The smallest absolute Gasteiger partial charge is 0.237 e. The second-order valence-corrected chi connectivity index (χ2v) is 7.06. The maximum Gasteiger partial charge on any atom is 0.237 e. The van der Waals surface area contributed by atoms with Crippen LogP contribution in [0.4, 0.5) is 0 Å². The van der Waals surface area contributed by atoms with E-state index in [1.807, 2.05) is 4.90 Å². The predicted octanol–water partition coefficient (Wildman–Crippen LogP) is -0.375. The molecule has 2 amide bonds. The van der Waals surface area contributed by atoms with Crippen molar-refractivity contribution in [2.45, 2.75) is 20.8 Å². The van der Waals surface area contributed by atoms with Gasteiger partial charge in [-0.25, -0.2) is 0 Å². The number of hydrogen-bond acceptors (Lipinski definition) is 5. The lowest BCUT2D eigenvalue weighted by Gasteiger charge is -2.37. The van der Waals surface area contributed by atoms with Gasteiger partial charge < -0.3 is 19.9 Å². The summed E-state index contributed by atoms with van der Waals surface area (Å²) in [5.74, 6) is -0.249. The van der Waals surface area contributed by atoms with Crippen LogP contribution in [-0.2, 0) is 14.3 Å². The summed E-state index contributed by atoms with van der Waals surface area (Å²) in [5.41, 5.74) is -1.01. The maximum absolute atomic E-state index is 12.7. The van der Waals surface area contributed by atoms with Crippen LogP contribution in [0.1, 0.15) is 20.8 Å². The van der Waals surface area contributed by atoms with Gasteiger partial charge in [0, 0.05) is 52.4 Å². The Morgan fingerprint density at radius 3 is 2.21 bits per heavy atom. The van der Waals surface area contributed by atoms with Gasteiger partial charge >= 0.3 is 0 Å². The highest BCUT2D eigenvalue weighted by atomic mass is 16.5. The topological polar surface area (TPSA) is 65.1 Å². The molecule has 1 N–H and O–H groups in total. The zero-order chi connectivity index (χ0) is 17.6. The Bertz CT molecular complexity index is 428. The normalized spacial score (nSPS) is 20.9. The van der Waals surface area contributed by atoms with E-state index in [0.29, 0.717) is 19.6 Å². The average molecular weight is 340 g/mol.